The molecule has 1 saturated heterocycles. The fourth-order valence-corrected chi connectivity index (χ4v) is 4.82. The molecule has 7 heteroatoms. The lowest BCUT2D eigenvalue weighted by Crippen LogP contribution is -2.39. The average Bonchev–Trinajstić information content (AvgIpc) is 3.27. The number of nitrogens with one attached hydrogen (secondary N) is 1. The third-order valence-electron chi connectivity index (χ3n) is 6.43. The number of carbonyl (C=O) groups is 1. The number of rotatable bonds is 9. The molecule has 1 unspecified atom stereocenters. The zero-order chi connectivity index (χ0) is 23.9. The van der Waals surface area contributed by atoms with Gasteiger partial charge in [-0.25, -0.2) is 0 Å². The van der Waals surface area contributed by atoms with Crippen molar-refractivity contribution in [1.29, 1.82) is 0 Å². The molecule has 1 amide bonds. The van der Waals surface area contributed by atoms with E-state index in [1.165, 1.54) is 48.5 Å². The first kappa shape index (κ1) is 24.4. The van der Waals surface area contributed by atoms with Gasteiger partial charge in [-0.1, -0.05) is 42.3 Å². The number of aryl methyl sites for hydroxylation is 2. The summed E-state index contributed by atoms with van der Waals surface area (Å²) in [5.74, 6) is 1.29. The quantitative estimate of drug-likeness (QED) is 0.410. The molecular formula is C27H34N4O2S. The van der Waals surface area contributed by atoms with Gasteiger partial charge in [-0.05, 0) is 69.8 Å². The predicted octanol–water partition coefficient (Wildman–Crippen LogP) is 5.53. The number of ether oxygens (including phenoxy) is 1. The number of piperidine rings is 1. The normalized spacial score (nSPS) is 16.4. The van der Waals surface area contributed by atoms with E-state index in [1.807, 2.05) is 19.1 Å². The molecule has 1 aliphatic rings. The van der Waals surface area contributed by atoms with Crippen molar-refractivity contribution in [3.05, 3.63) is 70.5 Å². The number of aromatic nitrogens is 2. The molecule has 0 spiro atoms. The number of benzene rings is 2. The minimum Gasteiger partial charge on any atom is -0.430 e. The van der Waals surface area contributed by atoms with Gasteiger partial charge in [0.25, 0.3) is 11.1 Å². The van der Waals surface area contributed by atoms with Crippen molar-refractivity contribution in [3.8, 4) is 10.9 Å². The van der Waals surface area contributed by atoms with Crippen molar-refractivity contribution in [2.45, 2.75) is 58.9 Å². The van der Waals surface area contributed by atoms with E-state index >= 15 is 0 Å². The van der Waals surface area contributed by atoms with E-state index in [0.717, 1.165) is 24.4 Å². The third-order valence-corrected chi connectivity index (χ3v) is 7.06. The summed E-state index contributed by atoms with van der Waals surface area (Å²) in [4.78, 5) is 19.8. The topological polar surface area (TPSA) is 67.3 Å². The van der Waals surface area contributed by atoms with Crippen molar-refractivity contribution in [2.75, 3.05) is 19.6 Å². The highest BCUT2D eigenvalue weighted by molar-refractivity contribution is 7.07. The van der Waals surface area contributed by atoms with Crippen LogP contribution in [0.3, 0.4) is 0 Å². The Kier molecular flexibility index (Phi) is 8.29. The van der Waals surface area contributed by atoms with Crippen LogP contribution in [0.5, 0.6) is 10.9 Å². The second-order valence-electron chi connectivity index (χ2n) is 9.21. The zero-order valence-corrected chi connectivity index (χ0v) is 21.2. The fourth-order valence-electron chi connectivity index (χ4n) is 4.26. The highest BCUT2D eigenvalue weighted by Crippen LogP contribution is 2.28. The van der Waals surface area contributed by atoms with Gasteiger partial charge in [0.1, 0.15) is 5.75 Å². The molecule has 1 aromatic heterocycles. The Bertz CT molecular complexity index is 1100. The van der Waals surface area contributed by atoms with Gasteiger partial charge in [-0.15, -0.1) is 0 Å². The maximum Gasteiger partial charge on any atom is 0.298 e. The minimum absolute atomic E-state index is 0.0751. The molecule has 0 saturated carbocycles. The summed E-state index contributed by atoms with van der Waals surface area (Å²) >= 11 is 1.23. The molecule has 34 heavy (non-hydrogen) atoms. The Morgan fingerprint density at radius 2 is 2.00 bits per heavy atom. The molecule has 1 atom stereocenters. The summed E-state index contributed by atoms with van der Waals surface area (Å²) in [7, 11) is 0. The molecule has 2 heterocycles. The van der Waals surface area contributed by atoms with Crippen LogP contribution in [0, 0.1) is 13.8 Å². The molecule has 0 aliphatic carbocycles. The molecule has 3 aromatic rings. The summed E-state index contributed by atoms with van der Waals surface area (Å²) in [6.45, 7) is 9.21. The first-order valence-electron chi connectivity index (χ1n) is 12.2. The molecule has 0 radical (unpaired) electrons. The van der Waals surface area contributed by atoms with Crippen molar-refractivity contribution in [3.63, 3.8) is 0 Å². The van der Waals surface area contributed by atoms with E-state index in [2.05, 4.69) is 57.7 Å². The molecule has 6 nitrogen and oxygen atoms in total. The maximum atomic E-state index is 12.7. The van der Waals surface area contributed by atoms with E-state index in [0.29, 0.717) is 35.5 Å². The van der Waals surface area contributed by atoms with Crippen LogP contribution in [0.2, 0.25) is 0 Å². The van der Waals surface area contributed by atoms with Crippen molar-refractivity contribution >= 4 is 17.4 Å². The van der Waals surface area contributed by atoms with Crippen LogP contribution in [0.1, 0.15) is 65.5 Å². The Morgan fingerprint density at radius 1 is 1.18 bits per heavy atom. The summed E-state index contributed by atoms with van der Waals surface area (Å²) in [5, 5.41) is 3.54. The smallest absolute Gasteiger partial charge is 0.298 e. The fraction of sp³-hybridized carbons (Fsp3) is 0.444. The Balaban J connectivity index is 1.30. The molecule has 1 N–H and O–H groups in total. The van der Waals surface area contributed by atoms with E-state index in [9.17, 15) is 4.79 Å². The number of likely N-dealkylation sites (tertiary alicyclic amines) is 1. The van der Waals surface area contributed by atoms with Gasteiger partial charge in [-0.3, -0.25) is 4.79 Å². The van der Waals surface area contributed by atoms with E-state index in [1.54, 1.807) is 6.07 Å². The molecular weight excluding hydrogens is 444 g/mol. The van der Waals surface area contributed by atoms with E-state index in [-0.39, 0.29) is 5.91 Å². The van der Waals surface area contributed by atoms with Gasteiger partial charge in [0, 0.05) is 42.6 Å². The standard InChI is InChI=1S/C27H34N4O2S/c1-19-8-11-22(12-9-19)17-25-29-27(34-30-25)33-24-18-23(13-10-20(24)2)26(32)28-14-6-16-31-15-5-4-7-21(31)3/h8-13,18,21H,4-7,14-17H2,1-3H3,(H,28,32). The monoisotopic (exact) mass is 478 g/mol. The van der Waals surface area contributed by atoms with Crippen molar-refractivity contribution < 1.29 is 9.53 Å². The molecule has 0 bridgehead atoms. The Labute approximate surface area is 206 Å². The number of hydrogen-bond donors (Lipinski definition) is 1. The summed E-state index contributed by atoms with van der Waals surface area (Å²) < 4.78 is 10.4. The molecule has 2 aromatic carbocycles. The van der Waals surface area contributed by atoms with Gasteiger partial charge in [0.2, 0.25) is 0 Å². The van der Waals surface area contributed by atoms with Crippen LogP contribution in [-0.2, 0) is 6.42 Å². The van der Waals surface area contributed by atoms with Crippen LogP contribution in [-0.4, -0.2) is 45.8 Å². The van der Waals surface area contributed by atoms with Gasteiger partial charge in [-0.2, -0.15) is 9.36 Å². The zero-order valence-electron chi connectivity index (χ0n) is 20.3. The number of hydrogen-bond acceptors (Lipinski definition) is 6. The molecule has 1 aliphatic heterocycles. The van der Waals surface area contributed by atoms with Gasteiger partial charge >= 0.3 is 0 Å². The second-order valence-corrected chi connectivity index (χ2v) is 9.93. The van der Waals surface area contributed by atoms with Crippen LogP contribution < -0.4 is 10.1 Å². The van der Waals surface area contributed by atoms with Crippen LogP contribution in [0.15, 0.2) is 42.5 Å². The maximum absolute atomic E-state index is 12.7. The Hall–Kier alpha value is -2.77. The molecule has 180 valence electrons. The Morgan fingerprint density at radius 3 is 2.79 bits per heavy atom. The van der Waals surface area contributed by atoms with Gasteiger partial charge < -0.3 is 15.0 Å². The highest BCUT2D eigenvalue weighted by Gasteiger charge is 2.17. The van der Waals surface area contributed by atoms with Crippen LogP contribution in [0.4, 0.5) is 0 Å². The summed E-state index contributed by atoms with van der Waals surface area (Å²) in [6.07, 6.45) is 5.51. The van der Waals surface area contributed by atoms with Gasteiger partial charge in [0.05, 0.1) is 0 Å². The van der Waals surface area contributed by atoms with Crippen molar-refractivity contribution in [1.82, 2.24) is 19.6 Å². The number of carbonyl (C=O) groups excluding carboxylic acids is 1. The summed E-state index contributed by atoms with van der Waals surface area (Å²) in [6, 6.07) is 14.6. The average molecular weight is 479 g/mol. The first-order valence-corrected chi connectivity index (χ1v) is 12.9. The van der Waals surface area contributed by atoms with Gasteiger partial charge in [0.15, 0.2) is 5.82 Å². The predicted molar refractivity (Wildman–Crippen MR) is 137 cm³/mol. The first-order chi connectivity index (χ1) is 16.5. The van der Waals surface area contributed by atoms with E-state index in [4.69, 9.17) is 4.74 Å². The lowest BCUT2D eigenvalue weighted by molar-refractivity contribution is 0.0948. The number of nitrogens with zero attached hydrogens (tertiary/aromatic N) is 3. The SMILES string of the molecule is Cc1ccc(Cc2nsc(Oc3cc(C(=O)NCCCN4CCCCC4C)ccc3C)n2)cc1. The van der Waals surface area contributed by atoms with Crippen molar-refractivity contribution in [2.24, 2.45) is 0 Å². The lowest BCUT2D eigenvalue weighted by Gasteiger charge is -2.33. The van der Waals surface area contributed by atoms with Crippen LogP contribution >= 0.6 is 11.5 Å². The minimum atomic E-state index is -0.0751. The second kappa shape index (κ2) is 11.6. The lowest BCUT2D eigenvalue weighted by atomic mass is 10.0. The molecule has 1 fully saturated rings. The highest BCUT2D eigenvalue weighted by atomic mass is 32.1. The van der Waals surface area contributed by atoms with Crippen LogP contribution in [0.25, 0.3) is 0 Å². The third kappa shape index (κ3) is 6.64. The number of amides is 1. The summed E-state index contributed by atoms with van der Waals surface area (Å²) in [5.41, 5.74) is 3.94. The van der Waals surface area contributed by atoms with E-state index < -0.39 is 0 Å². The molecule has 4 rings (SSSR count). The largest absolute Gasteiger partial charge is 0.430 e.